The molecule has 2 aliphatic rings. The van der Waals surface area contributed by atoms with E-state index in [-0.39, 0.29) is 0 Å². The molecular formula is C15H23ClN2S. The van der Waals surface area contributed by atoms with Crippen molar-refractivity contribution in [3.05, 3.63) is 20.8 Å². The van der Waals surface area contributed by atoms with Crippen LogP contribution in [0, 0.1) is 5.92 Å². The first-order valence-electron chi connectivity index (χ1n) is 7.50. The van der Waals surface area contributed by atoms with Crippen LogP contribution >= 0.6 is 22.9 Å². The van der Waals surface area contributed by atoms with Gasteiger partial charge in [0.2, 0.25) is 0 Å². The lowest BCUT2D eigenvalue weighted by Crippen LogP contribution is -2.37. The molecule has 1 aromatic rings. The van der Waals surface area contributed by atoms with Gasteiger partial charge in [-0.15, -0.1) is 11.3 Å². The molecule has 2 nitrogen and oxygen atoms in total. The fourth-order valence-corrected chi connectivity index (χ4v) is 4.71. The summed E-state index contributed by atoms with van der Waals surface area (Å²) in [5, 5.41) is 3.78. The monoisotopic (exact) mass is 298 g/mol. The van der Waals surface area contributed by atoms with Gasteiger partial charge in [-0.1, -0.05) is 18.5 Å². The van der Waals surface area contributed by atoms with Gasteiger partial charge >= 0.3 is 0 Å². The third-order valence-corrected chi connectivity index (χ3v) is 5.99. The van der Waals surface area contributed by atoms with Gasteiger partial charge in [-0.05, 0) is 69.4 Å². The van der Waals surface area contributed by atoms with E-state index in [1.54, 1.807) is 11.3 Å². The molecular weight excluding hydrogens is 276 g/mol. The van der Waals surface area contributed by atoms with Gasteiger partial charge in [-0.25, -0.2) is 0 Å². The highest BCUT2D eigenvalue weighted by molar-refractivity contribution is 7.16. The second kappa shape index (κ2) is 6.13. The number of rotatable bonds is 4. The summed E-state index contributed by atoms with van der Waals surface area (Å²) < 4.78 is 0.952. The minimum atomic E-state index is 0.558. The van der Waals surface area contributed by atoms with E-state index >= 15 is 0 Å². The third-order valence-electron chi connectivity index (χ3n) is 4.65. The molecule has 3 rings (SSSR count). The average Bonchev–Trinajstić information content (AvgIpc) is 2.96. The van der Waals surface area contributed by atoms with Gasteiger partial charge in [0, 0.05) is 10.9 Å². The molecule has 1 fully saturated rings. The van der Waals surface area contributed by atoms with Crippen LogP contribution in [0.15, 0.2) is 6.07 Å². The van der Waals surface area contributed by atoms with E-state index in [1.807, 2.05) is 0 Å². The quantitative estimate of drug-likeness (QED) is 0.911. The Kier molecular flexibility index (Phi) is 4.47. The van der Waals surface area contributed by atoms with E-state index < -0.39 is 0 Å². The predicted molar refractivity (Wildman–Crippen MR) is 83.2 cm³/mol. The standard InChI is InChI=1S/C15H23ClN2S/c1-2-18-7-5-11(6-8-18)10-17-13-3-4-14-12(13)9-15(16)19-14/h9,11,13,17H,2-8,10H2,1H3. The van der Waals surface area contributed by atoms with Crippen molar-refractivity contribution < 1.29 is 0 Å². The largest absolute Gasteiger partial charge is 0.310 e. The lowest BCUT2D eigenvalue weighted by molar-refractivity contribution is 0.187. The maximum Gasteiger partial charge on any atom is 0.0934 e. The zero-order valence-corrected chi connectivity index (χ0v) is 13.2. The van der Waals surface area contributed by atoms with E-state index in [0.29, 0.717) is 6.04 Å². The molecule has 1 aliphatic carbocycles. The molecule has 1 atom stereocenters. The molecule has 1 unspecified atom stereocenters. The van der Waals surface area contributed by atoms with Crippen LogP contribution < -0.4 is 5.32 Å². The molecule has 0 bridgehead atoms. The Morgan fingerprint density at radius 1 is 1.37 bits per heavy atom. The molecule has 106 valence electrons. The summed E-state index contributed by atoms with van der Waals surface area (Å²) in [7, 11) is 0. The molecule has 2 heterocycles. The van der Waals surface area contributed by atoms with Crippen LogP contribution in [-0.4, -0.2) is 31.1 Å². The zero-order valence-electron chi connectivity index (χ0n) is 11.6. The number of fused-ring (bicyclic) bond motifs is 1. The number of likely N-dealkylation sites (tertiary alicyclic amines) is 1. The van der Waals surface area contributed by atoms with E-state index in [4.69, 9.17) is 11.6 Å². The Balaban J connectivity index is 1.48. The highest BCUT2D eigenvalue weighted by atomic mass is 35.5. The minimum absolute atomic E-state index is 0.558. The third kappa shape index (κ3) is 3.15. The zero-order chi connectivity index (χ0) is 13.2. The molecule has 0 aromatic carbocycles. The van der Waals surface area contributed by atoms with E-state index in [1.165, 1.54) is 62.3 Å². The van der Waals surface area contributed by atoms with Crippen LogP contribution in [0.1, 0.15) is 42.7 Å². The van der Waals surface area contributed by atoms with E-state index in [0.717, 1.165) is 10.3 Å². The molecule has 1 N–H and O–H groups in total. The average molecular weight is 299 g/mol. The lowest BCUT2D eigenvalue weighted by Gasteiger charge is -2.31. The Labute approximate surface area is 125 Å². The number of nitrogens with zero attached hydrogens (tertiary/aromatic N) is 1. The van der Waals surface area contributed by atoms with Gasteiger partial charge in [0.25, 0.3) is 0 Å². The van der Waals surface area contributed by atoms with Crippen molar-refractivity contribution in [3.8, 4) is 0 Å². The first kappa shape index (κ1) is 13.9. The van der Waals surface area contributed by atoms with Gasteiger partial charge < -0.3 is 10.2 Å². The van der Waals surface area contributed by atoms with Crippen molar-refractivity contribution in [3.63, 3.8) is 0 Å². The molecule has 19 heavy (non-hydrogen) atoms. The highest BCUT2D eigenvalue weighted by Crippen LogP contribution is 2.39. The first-order valence-corrected chi connectivity index (χ1v) is 8.69. The number of halogens is 1. The number of hydrogen-bond acceptors (Lipinski definition) is 3. The molecule has 0 radical (unpaired) electrons. The van der Waals surface area contributed by atoms with Crippen LogP contribution in [0.5, 0.6) is 0 Å². The van der Waals surface area contributed by atoms with Gasteiger partial charge in [0.05, 0.1) is 4.34 Å². The SMILES string of the molecule is CCN1CCC(CNC2CCc3sc(Cl)cc32)CC1. The summed E-state index contributed by atoms with van der Waals surface area (Å²) in [6, 6.07) is 2.73. The summed E-state index contributed by atoms with van der Waals surface area (Å²) in [5.74, 6) is 0.862. The smallest absolute Gasteiger partial charge is 0.0934 e. The summed E-state index contributed by atoms with van der Waals surface area (Å²) >= 11 is 7.87. The maximum atomic E-state index is 6.11. The Morgan fingerprint density at radius 2 is 2.16 bits per heavy atom. The van der Waals surface area contributed by atoms with Crippen molar-refractivity contribution in [1.82, 2.24) is 10.2 Å². The summed E-state index contributed by atoms with van der Waals surface area (Å²) in [6.07, 6.45) is 5.17. The Bertz CT molecular complexity index is 424. The summed E-state index contributed by atoms with van der Waals surface area (Å²) in [6.45, 7) is 7.21. The predicted octanol–water partition coefficient (Wildman–Crippen LogP) is 3.71. The number of nitrogens with one attached hydrogen (secondary N) is 1. The number of hydrogen-bond donors (Lipinski definition) is 1. The Morgan fingerprint density at radius 3 is 2.89 bits per heavy atom. The molecule has 0 amide bonds. The van der Waals surface area contributed by atoms with Crippen molar-refractivity contribution in [1.29, 1.82) is 0 Å². The molecule has 0 spiro atoms. The van der Waals surface area contributed by atoms with Gasteiger partial charge in [-0.2, -0.15) is 0 Å². The highest BCUT2D eigenvalue weighted by Gasteiger charge is 2.26. The van der Waals surface area contributed by atoms with E-state index in [2.05, 4.69) is 23.2 Å². The molecule has 1 saturated heterocycles. The second-order valence-electron chi connectivity index (χ2n) is 5.81. The van der Waals surface area contributed by atoms with Crippen molar-refractivity contribution >= 4 is 22.9 Å². The summed E-state index contributed by atoms with van der Waals surface area (Å²) in [4.78, 5) is 4.06. The van der Waals surface area contributed by atoms with Crippen LogP contribution in [-0.2, 0) is 6.42 Å². The van der Waals surface area contributed by atoms with Gasteiger partial charge in [0.1, 0.15) is 0 Å². The van der Waals surface area contributed by atoms with Crippen LogP contribution in [0.3, 0.4) is 0 Å². The van der Waals surface area contributed by atoms with Crippen molar-refractivity contribution in [2.45, 2.75) is 38.6 Å². The normalized spacial score (nSPS) is 24.8. The molecule has 1 aromatic heterocycles. The van der Waals surface area contributed by atoms with Gasteiger partial charge in [0.15, 0.2) is 0 Å². The maximum absolute atomic E-state index is 6.11. The first-order chi connectivity index (χ1) is 9.26. The van der Waals surface area contributed by atoms with E-state index in [9.17, 15) is 0 Å². The van der Waals surface area contributed by atoms with Crippen molar-refractivity contribution in [2.24, 2.45) is 5.92 Å². The summed E-state index contributed by atoms with van der Waals surface area (Å²) in [5.41, 5.74) is 1.47. The topological polar surface area (TPSA) is 15.3 Å². The lowest BCUT2D eigenvalue weighted by atomic mass is 9.96. The minimum Gasteiger partial charge on any atom is -0.310 e. The van der Waals surface area contributed by atoms with Gasteiger partial charge in [-0.3, -0.25) is 0 Å². The number of thiophene rings is 1. The molecule has 0 saturated carbocycles. The number of piperidine rings is 1. The number of aryl methyl sites for hydroxylation is 1. The molecule has 1 aliphatic heterocycles. The van der Waals surface area contributed by atoms with Crippen LogP contribution in [0.25, 0.3) is 0 Å². The fourth-order valence-electron chi connectivity index (χ4n) is 3.36. The van der Waals surface area contributed by atoms with Crippen molar-refractivity contribution in [2.75, 3.05) is 26.2 Å². The van der Waals surface area contributed by atoms with Crippen LogP contribution in [0.4, 0.5) is 0 Å². The Hall–Kier alpha value is -0.0900. The fraction of sp³-hybridized carbons (Fsp3) is 0.733. The second-order valence-corrected chi connectivity index (χ2v) is 7.57. The molecule has 4 heteroatoms. The van der Waals surface area contributed by atoms with Crippen LogP contribution in [0.2, 0.25) is 4.34 Å².